The van der Waals surface area contributed by atoms with Crippen molar-refractivity contribution < 1.29 is 0 Å². The number of fused-ring (bicyclic) bond motifs is 1. The standard InChI is InChI=1S/C22H21ClN4O/c1-14-10-16(12-26(4)20(14)28)15-8-9-19-24-25-21(27(19)13-15)22(2,3)17-6-5-7-18(23)11-17/h5-13H,1-4H3. The highest BCUT2D eigenvalue weighted by Crippen LogP contribution is 2.32. The van der Waals surface area contributed by atoms with Crippen LogP contribution in [0.15, 0.2) is 59.7 Å². The van der Waals surface area contributed by atoms with E-state index in [1.165, 1.54) is 0 Å². The highest BCUT2D eigenvalue weighted by atomic mass is 35.5. The minimum atomic E-state index is -0.387. The molecule has 4 rings (SSSR count). The number of aryl methyl sites for hydroxylation is 2. The fourth-order valence-corrected chi connectivity index (χ4v) is 3.72. The third-order valence-electron chi connectivity index (χ3n) is 5.20. The molecule has 4 aromatic rings. The molecule has 0 aliphatic carbocycles. The zero-order valence-electron chi connectivity index (χ0n) is 16.3. The number of aromatic nitrogens is 4. The van der Waals surface area contributed by atoms with Crippen molar-refractivity contribution >= 4 is 17.2 Å². The van der Waals surface area contributed by atoms with Crippen molar-refractivity contribution in [3.05, 3.63) is 87.2 Å². The Morgan fingerprint density at radius 2 is 1.79 bits per heavy atom. The molecule has 3 heterocycles. The second kappa shape index (κ2) is 6.60. The van der Waals surface area contributed by atoms with E-state index in [0.29, 0.717) is 10.6 Å². The van der Waals surface area contributed by atoms with Crippen LogP contribution in [0.5, 0.6) is 0 Å². The number of hydrogen-bond donors (Lipinski definition) is 0. The molecule has 0 N–H and O–H groups in total. The van der Waals surface area contributed by atoms with Gasteiger partial charge in [0.05, 0.1) is 5.41 Å². The highest BCUT2D eigenvalue weighted by Gasteiger charge is 2.29. The smallest absolute Gasteiger partial charge is 0.253 e. The maximum atomic E-state index is 12.0. The first-order chi connectivity index (χ1) is 13.3. The summed E-state index contributed by atoms with van der Waals surface area (Å²) in [4.78, 5) is 12.0. The van der Waals surface area contributed by atoms with Gasteiger partial charge < -0.3 is 4.57 Å². The Balaban J connectivity index is 1.88. The van der Waals surface area contributed by atoms with Crippen LogP contribution in [-0.2, 0) is 12.5 Å². The number of rotatable bonds is 3. The summed E-state index contributed by atoms with van der Waals surface area (Å²) in [6.45, 7) is 6.05. The first-order valence-electron chi connectivity index (χ1n) is 9.06. The van der Waals surface area contributed by atoms with Crippen molar-refractivity contribution in [2.45, 2.75) is 26.2 Å². The molecule has 142 valence electrons. The Bertz CT molecular complexity index is 1230. The Morgan fingerprint density at radius 3 is 2.50 bits per heavy atom. The van der Waals surface area contributed by atoms with Crippen LogP contribution in [0.3, 0.4) is 0 Å². The van der Waals surface area contributed by atoms with Crippen LogP contribution >= 0.6 is 11.6 Å². The van der Waals surface area contributed by atoms with Crippen LogP contribution < -0.4 is 5.56 Å². The van der Waals surface area contributed by atoms with Gasteiger partial charge in [0.25, 0.3) is 5.56 Å². The van der Waals surface area contributed by atoms with Gasteiger partial charge in [0.2, 0.25) is 0 Å². The largest absolute Gasteiger partial charge is 0.318 e. The summed E-state index contributed by atoms with van der Waals surface area (Å²) in [6, 6.07) is 13.7. The summed E-state index contributed by atoms with van der Waals surface area (Å²) in [7, 11) is 1.77. The predicted molar refractivity (Wildman–Crippen MR) is 112 cm³/mol. The highest BCUT2D eigenvalue weighted by molar-refractivity contribution is 6.30. The van der Waals surface area contributed by atoms with E-state index in [4.69, 9.17) is 11.6 Å². The monoisotopic (exact) mass is 392 g/mol. The second-order valence-electron chi connectivity index (χ2n) is 7.63. The lowest BCUT2D eigenvalue weighted by molar-refractivity contribution is 0.582. The lowest BCUT2D eigenvalue weighted by Crippen LogP contribution is -2.22. The molecule has 0 bridgehead atoms. The SMILES string of the molecule is Cc1cc(-c2ccc3nnc(C(C)(C)c4cccc(Cl)c4)n3c2)cn(C)c1=O. The number of pyridine rings is 2. The molecule has 0 aliphatic heterocycles. The van der Waals surface area contributed by atoms with E-state index in [2.05, 4.69) is 24.0 Å². The fourth-order valence-electron chi connectivity index (χ4n) is 3.53. The average Bonchev–Trinajstić information content (AvgIpc) is 3.09. The summed E-state index contributed by atoms with van der Waals surface area (Å²) in [6.07, 6.45) is 3.87. The summed E-state index contributed by atoms with van der Waals surface area (Å²) in [5.41, 5.74) is 4.15. The third-order valence-corrected chi connectivity index (χ3v) is 5.44. The van der Waals surface area contributed by atoms with Gasteiger partial charge in [-0.15, -0.1) is 10.2 Å². The van der Waals surface area contributed by atoms with Gasteiger partial charge >= 0.3 is 0 Å². The molecule has 28 heavy (non-hydrogen) atoms. The van der Waals surface area contributed by atoms with Gasteiger partial charge in [-0.1, -0.05) is 23.7 Å². The van der Waals surface area contributed by atoms with E-state index >= 15 is 0 Å². The molecule has 5 nitrogen and oxygen atoms in total. The van der Waals surface area contributed by atoms with Crippen LogP contribution in [-0.4, -0.2) is 19.2 Å². The molecule has 0 atom stereocenters. The summed E-state index contributed by atoms with van der Waals surface area (Å²) in [5.74, 6) is 0.827. The molecule has 0 fully saturated rings. The molecule has 1 aromatic carbocycles. The second-order valence-corrected chi connectivity index (χ2v) is 8.07. The van der Waals surface area contributed by atoms with Crippen LogP contribution in [0.1, 0.15) is 30.8 Å². The fraction of sp³-hybridized carbons (Fsp3) is 0.227. The number of nitrogens with zero attached hydrogens (tertiary/aromatic N) is 4. The minimum Gasteiger partial charge on any atom is -0.318 e. The lowest BCUT2D eigenvalue weighted by Gasteiger charge is -2.23. The average molecular weight is 393 g/mol. The van der Waals surface area contributed by atoms with E-state index in [9.17, 15) is 4.79 Å². The van der Waals surface area contributed by atoms with E-state index in [0.717, 1.165) is 28.2 Å². The van der Waals surface area contributed by atoms with Gasteiger partial charge in [0.15, 0.2) is 5.65 Å². The van der Waals surface area contributed by atoms with Gasteiger partial charge in [-0.3, -0.25) is 9.20 Å². The zero-order chi connectivity index (χ0) is 20.1. The Labute approximate surface area is 168 Å². The molecule has 0 spiro atoms. The first kappa shape index (κ1) is 18.4. The maximum Gasteiger partial charge on any atom is 0.253 e. The van der Waals surface area contributed by atoms with Crippen molar-refractivity contribution in [3.8, 4) is 11.1 Å². The van der Waals surface area contributed by atoms with Gasteiger partial charge in [-0.2, -0.15) is 0 Å². The molecule has 0 saturated carbocycles. The predicted octanol–water partition coefficient (Wildman–Crippen LogP) is 4.38. The summed E-state index contributed by atoms with van der Waals surface area (Å²) < 4.78 is 3.62. The van der Waals surface area contributed by atoms with Crippen molar-refractivity contribution in [2.24, 2.45) is 7.05 Å². The molecule has 6 heteroatoms. The Hall–Kier alpha value is -2.92. The van der Waals surface area contributed by atoms with E-state index in [1.807, 2.05) is 66.2 Å². The van der Waals surface area contributed by atoms with Crippen LogP contribution in [0.4, 0.5) is 0 Å². The van der Waals surface area contributed by atoms with Crippen molar-refractivity contribution in [1.29, 1.82) is 0 Å². The van der Waals surface area contributed by atoms with E-state index < -0.39 is 0 Å². The molecule has 0 aliphatic rings. The summed E-state index contributed by atoms with van der Waals surface area (Å²) in [5, 5.41) is 9.51. The molecule has 0 radical (unpaired) electrons. The van der Waals surface area contributed by atoms with Crippen LogP contribution in [0.2, 0.25) is 5.02 Å². The molecular weight excluding hydrogens is 372 g/mol. The van der Waals surface area contributed by atoms with Crippen LogP contribution in [0.25, 0.3) is 16.8 Å². The minimum absolute atomic E-state index is 0.0110. The Kier molecular flexibility index (Phi) is 4.35. The topological polar surface area (TPSA) is 52.2 Å². The molecule has 3 aromatic heterocycles. The van der Waals surface area contributed by atoms with Crippen molar-refractivity contribution in [1.82, 2.24) is 19.2 Å². The van der Waals surface area contributed by atoms with E-state index in [-0.39, 0.29) is 11.0 Å². The van der Waals surface area contributed by atoms with Gasteiger partial charge in [-0.05, 0) is 67.8 Å². The third kappa shape index (κ3) is 3.02. The van der Waals surface area contributed by atoms with Crippen molar-refractivity contribution in [2.75, 3.05) is 0 Å². The van der Waals surface area contributed by atoms with Crippen molar-refractivity contribution in [3.63, 3.8) is 0 Å². The number of benzene rings is 1. The zero-order valence-corrected chi connectivity index (χ0v) is 17.0. The van der Waals surface area contributed by atoms with Gasteiger partial charge in [-0.25, -0.2) is 0 Å². The molecule has 0 amide bonds. The summed E-state index contributed by atoms with van der Waals surface area (Å²) >= 11 is 6.21. The molecular formula is C22H21ClN4O. The number of hydrogen-bond acceptors (Lipinski definition) is 3. The lowest BCUT2D eigenvalue weighted by atomic mass is 9.84. The van der Waals surface area contributed by atoms with Crippen LogP contribution in [0, 0.1) is 6.92 Å². The quantitative estimate of drug-likeness (QED) is 0.519. The van der Waals surface area contributed by atoms with Gasteiger partial charge in [0.1, 0.15) is 5.82 Å². The maximum absolute atomic E-state index is 12.0. The first-order valence-corrected chi connectivity index (χ1v) is 9.44. The normalized spacial score (nSPS) is 11.9. The molecule has 0 unspecified atom stereocenters. The Morgan fingerprint density at radius 1 is 1.00 bits per heavy atom. The number of halogens is 1. The molecule has 0 saturated heterocycles. The van der Waals surface area contributed by atoms with Gasteiger partial charge in [0, 0.05) is 30.0 Å². The van der Waals surface area contributed by atoms with E-state index in [1.54, 1.807) is 11.6 Å².